The summed E-state index contributed by atoms with van der Waals surface area (Å²) in [5, 5.41) is 0. The second-order valence-corrected chi connectivity index (χ2v) is 4.99. The summed E-state index contributed by atoms with van der Waals surface area (Å²) < 4.78 is 0.576. The molecule has 0 saturated carbocycles. The molecule has 0 bridgehead atoms. The van der Waals surface area contributed by atoms with Gasteiger partial charge in [-0.05, 0) is 34.3 Å². The van der Waals surface area contributed by atoms with Crippen LogP contribution in [0.15, 0.2) is 53.3 Å². The normalized spacial score (nSPS) is 14.3. The van der Waals surface area contributed by atoms with Gasteiger partial charge in [0.2, 0.25) is 4.73 Å². The maximum Gasteiger partial charge on any atom is 0.200 e. The minimum Gasteiger partial charge on any atom is -0.208 e. The van der Waals surface area contributed by atoms with E-state index in [9.17, 15) is 0 Å². The van der Waals surface area contributed by atoms with E-state index in [-0.39, 0.29) is 0 Å². The van der Waals surface area contributed by atoms with Crippen molar-refractivity contribution in [2.24, 2.45) is 0 Å². The molecule has 3 rings (SSSR count). The van der Waals surface area contributed by atoms with Crippen LogP contribution in [-0.4, -0.2) is 15.0 Å². The summed E-state index contributed by atoms with van der Waals surface area (Å²) in [5.41, 5.74) is 2.15. The van der Waals surface area contributed by atoms with Crippen molar-refractivity contribution < 1.29 is 0 Å². The van der Waals surface area contributed by atoms with Crippen LogP contribution in [0.4, 0.5) is 0 Å². The molecule has 19 heavy (non-hydrogen) atoms. The highest BCUT2D eigenvalue weighted by molar-refractivity contribution is 9.10. The highest BCUT2D eigenvalue weighted by Crippen LogP contribution is 2.24. The molecule has 0 radical (unpaired) electrons. The van der Waals surface area contributed by atoms with E-state index in [2.05, 4.69) is 49.1 Å². The lowest BCUT2D eigenvalue weighted by atomic mass is 10.0. The van der Waals surface area contributed by atoms with Crippen molar-refractivity contribution in [3.05, 3.63) is 59.1 Å². The summed E-state index contributed by atoms with van der Waals surface area (Å²) in [6.07, 6.45) is 8.29. The van der Waals surface area contributed by atoms with Gasteiger partial charge in [0.05, 0.1) is 0 Å². The van der Waals surface area contributed by atoms with Gasteiger partial charge in [-0.25, -0.2) is 15.0 Å². The van der Waals surface area contributed by atoms with Crippen LogP contribution in [0.3, 0.4) is 0 Å². The van der Waals surface area contributed by atoms with Crippen molar-refractivity contribution in [2.45, 2.75) is 12.8 Å². The summed E-state index contributed by atoms with van der Waals surface area (Å²) in [5.74, 6) is 1.46. The number of benzene rings is 1. The molecule has 1 aromatic heterocycles. The molecule has 0 saturated heterocycles. The first kappa shape index (κ1) is 12.2. The van der Waals surface area contributed by atoms with Crippen molar-refractivity contribution in [3.63, 3.8) is 0 Å². The van der Waals surface area contributed by atoms with Gasteiger partial charge in [-0.1, -0.05) is 48.6 Å². The van der Waals surface area contributed by atoms with Crippen molar-refractivity contribution in [2.75, 3.05) is 0 Å². The van der Waals surface area contributed by atoms with E-state index in [1.807, 2.05) is 30.3 Å². The first-order chi connectivity index (χ1) is 9.33. The number of nitrogens with zero attached hydrogens (tertiary/aromatic N) is 3. The number of hydrogen-bond acceptors (Lipinski definition) is 3. The lowest BCUT2D eigenvalue weighted by Crippen LogP contribution is -2.01. The fourth-order valence-corrected chi connectivity index (χ4v) is 2.33. The molecule has 0 fully saturated rings. The van der Waals surface area contributed by atoms with E-state index in [4.69, 9.17) is 0 Å². The van der Waals surface area contributed by atoms with Crippen LogP contribution in [-0.2, 0) is 0 Å². The Hall–Kier alpha value is -1.81. The molecule has 1 aliphatic rings. The molecule has 0 N–H and O–H groups in total. The van der Waals surface area contributed by atoms with Gasteiger partial charge in [0.15, 0.2) is 11.6 Å². The Balaban J connectivity index is 2.06. The van der Waals surface area contributed by atoms with Crippen molar-refractivity contribution in [1.29, 1.82) is 0 Å². The van der Waals surface area contributed by atoms with Crippen LogP contribution in [0.1, 0.15) is 18.7 Å². The standard InChI is InChI=1S/C15H12BrN3/c16-15-18-13(11-7-3-1-4-8-11)17-14(19-15)12-9-5-2-6-10-12/h1-5,7-9H,6,10H2. The fourth-order valence-electron chi connectivity index (χ4n) is 2.00. The zero-order valence-corrected chi connectivity index (χ0v) is 11.8. The summed E-state index contributed by atoms with van der Waals surface area (Å²) in [7, 11) is 0. The third kappa shape index (κ3) is 2.79. The SMILES string of the molecule is Brc1nc(C2=CC=CCC2)nc(-c2ccccc2)n1. The molecule has 2 aromatic rings. The van der Waals surface area contributed by atoms with Crippen LogP contribution in [0.25, 0.3) is 17.0 Å². The number of allylic oxidation sites excluding steroid dienone is 4. The maximum atomic E-state index is 4.57. The highest BCUT2D eigenvalue weighted by Gasteiger charge is 2.11. The van der Waals surface area contributed by atoms with Crippen LogP contribution in [0.2, 0.25) is 0 Å². The van der Waals surface area contributed by atoms with Gasteiger partial charge >= 0.3 is 0 Å². The Morgan fingerprint density at radius 2 is 1.74 bits per heavy atom. The molecular weight excluding hydrogens is 302 g/mol. The van der Waals surface area contributed by atoms with Gasteiger partial charge in [0.25, 0.3) is 0 Å². The van der Waals surface area contributed by atoms with Crippen molar-refractivity contribution in [1.82, 2.24) is 15.0 Å². The second kappa shape index (κ2) is 5.45. The smallest absolute Gasteiger partial charge is 0.200 e. The molecule has 0 unspecified atom stereocenters. The average molecular weight is 314 g/mol. The van der Waals surface area contributed by atoms with Crippen molar-refractivity contribution >= 4 is 21.5 Å². The molecule has 0 amide bonds. The quantitative estimate of drug-likeness (QED) is 0.840. The van der Waals surface area contributed by atoms with Gasteiger partial charge in [-0.2, -0.15) is 0 Å². The van der Waals surface area contributed by atoms with Gasteiger partial charge in [0, 0.05) is 5.56 Å². The Morgan fingerprint density at radius 3 is 2.47 bits per heavy atom. The number of hydrogen-bond donors (Lipinski definition) is 0. The second-order valence-electron chi connectivity index (χ2n) is 4.28. The minimum absolute atomic E-state index is 0.576. The molecule has 4 heteroatoms. The largest absolute Gasteiger partial charge is 0.208 e. The predicted octanol–water partition coefficient (Wildman–Crippen LogP) is 4.03. The Bertz CT molecular complexity index is 648. The van der Waals surface area contributed by atoms with Crippen molar-refractivity contribution in [3.8, 4) is 11.4 Å². The van der Waals surface area contributed by atoms with E-state index in [1.165, 1.54) is 0 Å². The van der Waals surface area contributed by atoms with E-state index < -0.39 is 0 Å². The molecule has 0 atom stereocenters. The highest BCUT2D eigenvalue weighted by atomic mass is 79.9. The van der Waals surface area contributed by atoms with E-state index >= 15 is 0 Å². The third-order valence-corrected chi connectivity index (χ3v) is 3.30. The Kier molecular flexibility index (Phi) is 3.51. The maximum absolute atomic E-state index is 4.57. The van der Waals surface area contributed by atoms with E-state index in [0.29, 0.717) is 10.6 Å². The van der Waals surface area contributed by atoms with Gasteiger partial charge < -0.3 is 0 Å². The zero-order chi connectivity index (χ0) is 13.1. The number of aromatic nitrogens is 3. The Morgan fingerprint density at radius 1 is 0.947 bits per heavy atom. The van der Waals surface area contributed by atoms with E-state index in [0.717, 1.165) is 29.8 Å². The summed E-state index contributed by atoms with van der Waals surface area (Å²) >= 11 is 3.37. The summed E-state index contributed by atoms with van der Waals surface area (Å²) in [4.78, 5) is 13.3. The van der Waals surface area contributed by atoms with Crippen LogP contribution in [0, 0.1) is 0 Å². The number of rotatable bonds is 2. The lowest BCUT2D eigenvalue weighted by Gasteiger charge is -2.09. The van der Waals surface area contributed by atoms with Gasteiger partial charge in [-0.3, -0.25) is 0 Å². The monoisotopic (exact) mass is 313 g/mol. The topological polar surface area (TPSA) is 38.7 Å². The molecule has 1 aliphatic carbocycles. The first-order valence-electron chi connectivity index (χ1n) is 6.16. The summed E-state index contributed by atoms with van der Waals surface area (Å²) in [6.45, 7) is 0. The molecule has 94 valence electrons. The number of halogens is 1. The van der Waals surface area contributed by atoms with Gasteiger partial charge in [0.1, 0.15) is 0 Å². The summed E-state index contributed by atoms with van der Waals surface area (Å²) in [6, 6.07) is 9.95. The third-order valence-electron chi connectivity index (χ3n) is 2.94. The predicted molar refractivity (Wildman–Crippen MR) is 79.3 cm³/mol. The van der Waals surface area contributed by atoms with Crippen LogP contribution >= 0.6 is 15.9 Å². The van der Waals surface area contributed by atoms with Crippen LogP contribution in [0.5, 0.6) is 0 Å². The van der Waals surface area contributed by atoms with Gasteiger partial charge in [-0.15, -0.1) is 0 Å². The molecular formula is C15H12BrN3. The minimum atomic E-state index is 0.576. The molecule has 0 aliphatic heterocycles. The molecule has 1 aromatic carbocycles. The molecule has 0 spiro atoms. The van der Waals surface area contributed by atoms with Crippen LogP contribution < -0.4 is 0 Å². The molecule has 1 heterocycles. The van der Waals surface area contributed by atoms with E-state index in [1.54, 1.807) is 0 Å². The molecule has 3 nitrogen and oxygen atoms in total. The lowest BCUT2D eigenvalue weighted by molar-refractivity contribution is 0.952. The first-order valence-corrected chi connectivity index (χ1v) is 6.95. The zero-order valence-electron chi connectivity index (χ0n) is 10.3. The Labute approximate surface area is 120 Å². The fraction of sp³-hybridized carbons (Fsp3) is 0.133. The average Bonchev–Trinajstić information content (AvgIpc) is 2.48.